The molecular formula is C10H12O3. The number of hydrogen-bond donors (Lipinski definition) is 1. The Bertz CT molecular complexity index is 274. The van der Waals surface area contributed by atoms with Gasteiger partial charge in [-0.1, -0.05) is 6.08 Å². The lowest BCUT2D eigenvalue weighted by molar-refractivity contribution is 0.0932. The van der Waals surface area contributed by atoms with Crippen LogP contribution in [0.1, 0.15) is 23.4 Å². The monoisotopic (exact) mass is 180 g/mol. The molecule has 1 N–H and O–H groups in total. The lowest BCUT2D eigenvalue weighted by atomic mass is 10.1. The van der Waals surface area contributed by atoms with E-state index in [1.807, 2.05) is 0 Å². The molecule has 70 valence electrons. The highest BCUT2D eigenvalue weighted by Crippen LogP contribution is 2.07. The van der Waals surface area contributed by atoms with Crippen LogP contribution in [0.5, 0.6) is 0 Å². The van der Waals surface area contributed by atoms with E-state index in [2.05, 4.69) is 6.58 Å². The van der Waals surface area contributed by atoms with Crippen molar-refractivity contribution in [3.05, 3.63) is 36.8 Å². The highest BCUT2D eigenvalue weighted by molar-refractivity contribution is 5.93. The normalized spacial score (nSPS) is 12.4. The zero-order chi connectivity index (χ0) is 9.68. The van der Waals surface area contributed by atoms with Crippen molar-refractivity contribution >= 4 is 5.78 Å². The van der Waals surface area contributed by atoms with Gasteiger partial charge in [-0.2, -0.15) is 0 Å². The van der Waals surface area contributed by atoms with Crippen molar-refractivity contribution in [3.8, 4) is 0 Å². The third-order valence-corrected chi connectivity index (χ3v) is 1.74. The molecule has 13 heavy (non-hydrogen) atoms. The number of aliphatic hydroxyl groups is 1. The molecule has 0 amide bonds. The standard InChI is InChI=1S/C10H12O3/c1-2-8(11)5-6-9(12)10-4-3-7-13-10/h2-4,7-8,11H,1,5-6H2. The van der Waals surface area contributed by atoms with Crippen molar-refractivity contribution in [1.29, 1.82) is 0 Å². The molecule has 0 aliphatic rings. The minimum atomic E-state index is -0.612. The van der Waals surface area contributed by atoms with Gasteiger partial charge >= 0.3 is 0 Å². The first-order valence-electron chi connectivity index (χ1n) is 4.11. The van der Waals surface area contributed by atoms with Crippen molar-refractivity contribution in [3.63, 3.8) is 0 Å². The molecule has 3 heteroatoms. The summed E-state index contributed by atoms with van der Waals surface area (Å²) in [6.07, 6.45) is 2.93. The Kier molecular flexibility index (Phi) is 3.46. The molecule has 1 heterocycles. The Morgan fingerprint density at radius 2 is 2.54 bits per heavy atom. The van der Waals surface area contributed by atoms with E-state index < -0.39 is 6.10 Å². The van der Waals surface area contributed by atoms with Crippen LogP contribution in [0.15, 0.2) is 35.5 Å². The van der Waals surface area contributed by atoms with Crippen LogP contribution >= 0.6 is 0 Å². The number of carbonyl (C=O) groups excluding carboxylic acids is 1. The van der Waals surface area contributed by atoms with Gasteiger partial charge in [-0.15, -0.1) is 6.58 Å². The van der Waals surface area contributed by atoms with E-state index in [-0.39, 0.29) is 12.2 Å². The SMILES string of the molecule is C=CC(O)CCC(=O)c1ccco1. The minimum Gasteiger partial charge on any atom is -0.461 e. The topological polar surface area (TPSA) is 50.4 Å². The van der Waals surface area contributed by atoms with Gasteiger partial charge in [-0.3, -0.25) is 4.79 Å². The minimum absolute atomic E-state index is 0.0918. The average Bonchev–Trinajstić information content (AvgIpc) is 2.66. The quantitative estimate of drug-likeness (QED) is 0.555. The molecule has 3 nitrogen and oxygen atoms in total. The van der Waals surface area contributed by atoms with E-state index >= 15 is 0 Å². The van der Waals surface area contributed by atoms with Crippen LogP contribution < -0.4 is 0 Å². The predicted octanol–water partition coefficient (Wildman–Crippen LogP) is 1.79. The Balaban J connectivity index is 2.39. The number of aliphatic hydroxyl groups excluding tert-OH is 1. The molecule has 0 aromatic carbocycles. The molecule has 0 saturated heterocycles. The smallest absolute Gasteiger partial charge is 0.198 e. The molecule has 0 aliphatic carbocycles. The largest absolute Gasteiger partial charge is 0.461 e. The van der Waals surface area contributed by atoms with Crippen molar-refractivity contribution in [2.45, 2.75) is 18.9 Å². The van der Waals surface area contributed by atoms with Gasteiger partial charge in [0.15, 0.2) is 11.5 Å². The molecule has 0 bridgehead atoms. The second-order valence-corrected chi connectivity index (χ2v) is 2.74. The van der Waals surface area contributed by atoms with Crippen LogP contribution in [0, 0.1) is 0 Å². The molecule has 0 fully saturated rings. The molecule has 1 aromatic heterocycles. The Hall–Kier alpha value is -1.35. The fourth-order valence-electron chi connectivity index (χ4n) is 0.957. The van der Waals surface area contributed by atoms with E-state index in [1.54, 1.807) is 12.1 Å². The molecule has 1 unspecified atom stereocenters. The summed E-state index contributed by atoms with van der Waals surface area (Å²) in [5, 5.41) is 9.10. The summed E-state index contributed by atoms with van der Waals surface area (Å²) in [7, 11) is 0. The first-order valence-corrected chi connectivity index (χ1v) is 4.11. The second kappa shape index (κ2) is 4.62. The maximum absolute atomic E-state index is 11.3. The third kappa shape index (κ3) is 2.87. The van der Waals surface area contributed by atoms with Crippen molar-refractivity contribution in [2.75, 3.05) is 0 Å². The molecule has 0 aliphatic heterocycles. The van der Waals surface area contributed by atoms with Gasteiger partial charge in [0.2, 0.25) is 0 Å². The van der Waals surface area contributed by atoms with Gasteiger partial charge in [0.25, 0.3) is 0 Å². The highest BCUT2D eigenvalue weighted by atomic mass is 16.3. The van der Waals surface area contributed by atoms with Gasteiger partial charge in [-0.25, -0.2) is 0 Å². The van der Waals surface area contributed by atoms with Gasteiger partial charge in [0, 0.05) is 6.42 Å². The lowest BCUT2D eigenvalue weighted by Crippen LogP contribution is -2.06. The zero-order valence-corrected chi connectivity index (χ0v) is 7.27. The van der Waals surface area contributed by atoms with Crippen LogP contribution in [0.4, 0.5) is 0 Å². The first-order chi connectivity index (χ1) is 6.24. The molecule has 0 spiro atoms. The molecule has 0 saturated carbocycles. The van der Waals surface area contributed by atoms with E-state index in [4.69, 9.17) is 9.52 Å². The first kappa shape index (κ1) is 9.74. The summed E-state index contributed by atoms with van der Waals surface area (Å²) >= 11 is 0. The number of Topliss-reactive ketones (excluding diaryl/α,β-unsaturated/α-hetero) is 1. The Labute approximate surface area is 76.7 Å². The van der Waals surface area contributed by atoms with Crippen LogP contribution in [0.3, 0.4) is 0 Å². The fraction of sp³-hybridized carbons (Fsp3) is 0.300. The summed E-state index contributed by atoms with van der Waals surface area (Å²) in [6, 6.07) is 3.28. The fourth-order valence-corrected chi connectivity index (χ4v) is 0.957. The molecule has 1 aromatic rings. The van der Waals surface area contributed by atoms with Crippen LogP contribution in [0.25, 0.3) is 0 Å². The van der Waals surface area contributed by atoms with Gasteiger partial charge in [0.1, 0.15) is 0 Å². The highest BCUT2D eigenvalue weighted by Gasteiger charge is 2.09. The van der Waals surface area contributed by atoms with Gasteiger partial charge in [-0.05, 0) is 18.6 Å². The van der Waals surface area contributed by atoms with E-state index in [1.165, 1.54) is 12.3 Å². The molecule has 1 atom stereocenters. The van der Waals surface area contributed by atoms with Crippen molar-refractivity contribution in [2.24, 2.45) is 0 Å². The Morgan fingerprint density at radius 3 is 3.08 bits per heavy atom. The summed E-state index contributed by atoms with van der Waals surface area (Å²) in [4.78, 5) is 11.3. The number of ketones is 1. The van der Waals surface area contributed by atoms with Crippen molar-refractivity contribution < 1.29 is 14.3 Å². The second-order valence-electron chi connectivity index (χ2n) is 2.74. The summed E-state index contributed by atoms with van der Waals surface area (Å²) in [5.41, 5.74) is 0. The Morgan fingerprint density at radius 1 is 1.77 bits per heavy atom. The maximum atomic E-state index is 11.3. The average molecular weight is 180 g/mol. The van der Waals surface area contributed by atoms with Crippen LogP contribution in [-0.2, 0) is 0 Å². The zero-order valence-electron chi connectivity index (χ0n) is 7.27. The number of furan rings is 1. The van der Waals surface area contributed by atoms with Gasteiger partial charge in [0.05, 0.1) is 12.4 Å². The maximum Gasteiger partial charge on any atom is 0.198 e. The molecular weight excluding hydrogens is 168 g/mol. The molecule has 0 radical (unpaired) electrons. The number of rotatable bonds is 5. The van der Waals surface area contributed by atoms with E-state index in [0.717, 1.165) is 0 Å². The van der Waals surface area contributed by atoms with Crippen molar-refractivity contribution in [1.82, 2.24) is 0 Å². The van der Waals surface area contributed by atoms with E-state index in [9.17, 15) is 4.79 Å². The van der Waals surface area contributed by atoms with Gasteiger partial charge < -0.3 is 9.52 Å². The third-order valence-electron chi connectivity index (χ3n) is 1.74. The number of carbonyl (C=O) groups is 1. The molecule has 1 rings (SSSR count). The summed E-state index contributed by atoms with van der Waals surface area (Å²) in [6.45, 7) is 3.42. The number of hydrogen-bond acceptors (Lipinski definition) is 3. The van der Waals surface area contributed by atoms with E-state index in [0.29, 0.717) is 12.2 Å². The lowest BCUT2D eigenvalue weighted by Gasteiger charge is -2.01. The summed E-state index contributed by atoms with van der Waals surface area (Å²) in [5.74, 6) is 0.252. The summed E-state index contributed by atoms with van der Waals surface area (Å²) < 4.78 is 4.90. The van der Waals surface area contributed by atoms with Crippen LogP contribution in [0.2, 0.25) is 0 Å². The van der Waals surface area contributed by atoms with Crippen LogP contribution in [-0.4, -0.2) is 17.0 Å². The predicted molar refractivity (Wildman–Crippen MR) is 48.5 cm³/mol.